The van der Waals surface area contributed by atoms with Crippen LogP contribution in [0.4, 0.5) is 17.1 Å². The summed E-state index contributed by atoms with van der Waals surface area (Å²) in [5.74, 6) is 0. The smallest absolute Gasteiger partial charge is 0.0649 e. The first kappa shape index (κ1) is 13.0. The van der Waals surface area contributed by atoms with Crippen molar-refractivity contribution in [2.45, 2.75) is 6.42 Å². The van der Waals surface area contributed by atoms with Crippen molar-refractivity contribution in [1.82, 2.24) is 0 Å². The number of hydrogen-bond acceptors (Lipinski definition) is 3. The molecular formula is C17H21N3. The first-order valence-electron chi connectivity index (χ1n) is 7.17. The summed E-state index contributed by atoms with van der Waals surface area (Å²) in [7, 11) is 2.15. The summed E-state index contributed by atoms with van der Waals surface area (Å²) in [6.45, 7) is 2.73. The van der Waals surface area contributed by atoms with Crippen LogP contribution in [0.5, 0.6) is 0 Å². The molecule has 0 radical (unpaired) electrons. The van der Waals surface area contributed by atoms with Gasteiger partial charge in [0.15, 0.2) is 0 Å². The number of rotatable bonds is 3. The third kappa shape index (κ3) is 2.25. The SMILES string of the molecule is CN1CCN(c2ccccc2CCN)c2ccccc21. The molecule has 0 aliphatic carbocycles. The van der Waals surface area contributed by atoms with Crippen molar-refractivity contribution >= 4 is 17.1 Å². The second-order valence-corrected chi connectivity index (χ2v) is 5.23. The largest absolute Gasteiger partial charge is 0.371 e. The van der Waals surface area contributed by atoms with Crippen molar-refractivity contribution in [3.05, 3.63) is 54.1 Å². The Kier molecular flexibility index (Phi) is 3.61. The fraction of sp³-hybridized carbons (Fsp3) is 0.294. The van der Waals surface area contributed by atoms with E-state index in [1.54, 1.807) is 0 Å². The Labute approximate surface area is 120 Å². The first-order valence-corrected chi connectivity index (χ1v) is 7.17. The van der Waals surface area contributed by atoms with Crippen LogP contribution in [-0.4, -0.2) is 26.7 Å². The lowest BCUT2D eigenvalue weighted by Crippen LogP contribution is -2.36. The van der Waals surface area contributed by atoms with Crippen molar-refractivity contribution in [2.24, 2.45) is 5.73 Å². The molecule has 3 heteroatoms. The van der Waals surface area contributed by atoms with Crippen LogP contribution in [0.3, 0.4) is 0 Å². The fourth-order valence-corrected chi connectivity index (χ4v) is 2.90. The van der Waals surface area contributed by atoms with E-state index in [1.807, 2.05) is 0 Å². The number of para-hydroxylation sites is 3. The van der Waals surface area contributed by atoms with E-state index < -0.39 is 0 Å². The molecule has 2 aromatic rings. The molecule has 0 atom stereocenters. The average molecular weight is 267 g/mol. The monoisotopic (exact) mass is 267 g/mol. The van der Waals surface area contributed by atoms with E-state index in [2.05, 4.69) is 65.4 Å². The number of nitrogens with two attached hydrogens (primary N) is 1. The molecule has 0 saturated carbocycles. The van der Waals surface area contributed by atoms with Crippen molar-refractivity contribution in [3.63, 3.8) is 0 Å². The van der Waals surface area contributed by atoms with E-state index in [-0.39, 0.29) is 0 Å². The maximum atomic E-state index is 5.75. The number of fused-ring (bicyclic) bond motifs is 1. The molecular weight excluding hydrogens is 246 g/mol. The molecule has 2 N–H and O–H groups in total. The van der Waals surface area contributed by atoms with Crippen molar-refractivity contribution in [2.75, 3.05) is 36.5 Å². The standard InChI is InChI=1S/C17H21N3/c1-19-12-13-20(17-9-5-4-8-16(17)19)15-7-3-2-6-14(15)10-11-18/h2-9H,10-13,18H2,1H3. The summed E-state index contributed by atoms with van der Waals surface area (Å²) >= 11 is 0. The predicted molar refractivity (Wildman–Crippen MR) is 85.9 cm³/mol. The molecule has 2 aromatic carbocycles. The molecule has 0 bridgehead atoms. The minimum absolute atomic E-state index is 0.687. The second kappa shape index (κ2) is 5.55. The maximum absolute atomic E-state index is 5.75. The Bertz CT molecular complexity index is 594. The molecule has 0 spiro atoms. The van der Waals surface area contributed by atoms with Gasteiger partial charge in [-0.3, -0.25) is 0 Å². The lowest BCUT2D eigenvalue weighted by Gasteiger charge is -2.37. The van der Waals surface area contributed by atoms with E-state index >= 15 is 0 Å². The van der Waals surface area contributed by atoms with E-state index in [1.165, 1.54) is 22.6 Å². The Morgan fingerprint density at radius 2 is 1.55 bits per heavy atom. The molecule has 20 heavy (non-hydrogen) atoms. The zero-order valence-electron chi connectivity index (χ0n) is 11.9. The highest BCUT2D eigenvalue weighted by atomic mass is 15.3. The van der Waals surface area contributed by atoms with Gasteiger partial charge in [-0.15, -0.1) is 0 Å². The van der Waals surface area contributed by atoms with Crippen LogP contribution in [0.2, 0.25) is 0 Å². The molecule has 3 nitrogen and oxygen atoms in total. The summed E-state index contributed by atoms with van der Waals surface area (Å²) in [5.41, 5.74) is 10.9. The molecule has 3 rings (SSSR count). The van der Waals surface area contributed by atoms with Gasteiger partial charge in [-0.1, -0.05) is 30.3 Å². The molecule has 1 heterocycles. The Balaban J connectivity index is 2.06. The highest BCUT2D eigenvalue weighted by molar-refractivity contribution is 5.80. The van der Waals surface area contributed by atoms with Crippen LogP contribution < -0.4 is 15.5 Å². The third-order valence-corrected chi connectivity index (χ3v) is 3.94. The van der Waals surface area contributed by atoms with Crippen LogP contribution in [0.25, 0.3) is 0 Å². The zero-order valence-corrected chi connectivity index (χ0v) is 11.9. The summed E-state index contributed by atoms with van der Waals surface area (Å²) in [6, 6.07) is 17.2. The minimum atomic E-state index is 0.687. The fourth-order valence-electron chi connectivity index (χ4n) is 2.90. The Morgan fingerprint density at radius 1 is 0.900 bits per heavy atom. The highest BCUT2D eigenvalue weighted by Gasteiger charge is 2.22. The quantitative estimate of drug-likeness (QED) is 0.928. The van der Waals surface area contributed by atoms with Gasteiger partial charge in [-0.05, 0) is 36.7 Å². The minimum Gasteiger partial charge on any atom is -0.371 e. The summed E-state index contributed by atoms with van der Waals surface area (Å²) in [4.78, 5) is 4.73. The number of likely N-dealkylation sites (N-methyl/N-ethyl adjacent to an activating group) is 1. The van der Waals surface area contributed by atoms with Gasteiger partial charge < -0.3 is 15.5 Å². The van der Waals surface area contributed by atoms with Crippen LogP contribution >= 0.6 is 0 Å². The number of benzene rings is 2. The third-order valence-electron chi connectivity index (χ3n) is 3.94. The molecule has 0 fully saturated rings. The number of nitrogens with zero attached hydrogens (tertiary/aromatic N) is 2. The van der Waals surface area contributed by atoms with E-state index in [0.717, 1.165) is 19.5 Å². The average Bonchev–Trinajstić information content (AvgIpc) is 2.49. The number of hydrogen-bond donors (Lipinski definition) is 1. The highest BCUT2D eigenvalue weighted by Crippen LogP contribution is 2.38. The molecule has 0 unspecified atom stereocenters. The van der Waals surface area contributed by atoms with Gasteiger partial charge in [0.05, 0.1) is 11.4 Å². The lowest BCUT2D eigenvalue weighted by molar-refractivity contribution is 0.816. The van der Waals surface area contributed by atoms with Crippen LogP contribution in [-0.2, 0) is 6.42 Å². The van der Waals surface area contributed by atoms with Crippen molar-refractivity contribution in [1.29, 1.82) is 0 Å². The van der Waals surface area contributed by atoms with Gasteiger partial charge in [-0.25, -0.2) is 0 Å². The van der Waals surface area contributed by atoms with Gasteiger partial charge in [0.25, 0.3) is 0 Å². The van der Waals surface area contributed by atoms with E-state index in [0.29, 0.717) is 6.54 Å². The first-order chi connectivity index (χ1) is 9.81. The van der Waals surface area contributed by atoms with Crippen LogP contribution in [0, 0.1) is 0 Å². The van der Waals surface area contributed by atoms with Gasteiger partial charge >= 0.3 is 0 Å². The van der Waals surface area contributed by atoms with Crippen LogP contribution in [0.1, 0.15) is 5.56 Å². The molecule has 104 valence electrons. The van der Waals surface area contributed by atoms with Gasteiger partial charge in [0.2, 0.25) is 0 Å². The molecule has 0 saturated heterocycles. The molecule has 0 amide bonds. The van der Waals surface area contributed by atoms with Crippen molar-refractivity contribution in [3.8, 4) is 0 Å². The Hall–Kier alpha value is -2.00. The molecule has 1 aliphatic heterocycles. The second-order valence-electron chi connectivity index (χ2n) is 5.23. The normalized spacial score (nSPS) is 14.3. The molecule has 0 aromatic heterocycles. The summed E-state index contributed by atoms with van der Waals surface area (Å²) in [6.07, 6.45) is 0.921. The molecule has 1 aliphatic rings. The number of anilines is 3. The topological polar surface area (TPSA) is 32.5 Å². The van der Waals surface area contributed by atoms with E-state index in [4.69, 9.17) is 5.73 Å². The lowest BCUT2D eigenvalue weighted by atomic mass is 10.1. The summed E-state index contributed by atoms with van der Waals surface area (Å²) in [5, 5.41) is 0. The predicted octanol–water partition coefficient (Wildman–Crippen LogP) is 2.78. The van der Waals surface area contributed by atoms with E-state index in [9.17, 15) is 0 Å². The summed E-state index contributed by atoms with van der Waals surface area (Å²) < 4.78 is 0. The van der Waals surface area contributed by atoms with Gasteiger partial charge in [0.1, 0.15) is 0 Å². The van der Waals surface area contributed by atoms with Crippen LogP contribution in [0.15, 0.2) is 48.5 Å². The maximum Gasteiger partial charge on any atom is 0.0649 e. The zero-order chi connectivity index (χ0) is 13.9. The van der Waals surface area contributed by atoms with Crippen molar-refractivity contribution < 1.29 is 0 Å². The van der Waals surface area contributed by atoms with Gasteiger partial charge in [0, 0.05) is 25.8 Å². The Morgan fingerprint density at radius 3 is 2.30 bits per heavy atom. The van der Waals surface area contributed by atoms with Gasteiger partial charge in [-0.2, -0.15) is 0 Å².